The van der Waals surface area contributed by atoms with Gasteiger partial charge in [0.05, 0.1) is 5.56 Å². The molecule has 0 bridgehead atoms. The second-order valence-corrected chi connectivity index (χ2v) is 2.66. The van der Waals surface area contributed by atoms with Crippen molar-refractivity contribution in [1.29, 1.82) is 0 Å². The summed E-state index contributed by atoms with van der Waals surface area (Å²) in [5.41, 5.74) is 1.17. The van der Waals surface area contributed by atoms with Gasteiger partial charge in [-0.1, -0.05) is 34.1 Å². The van der Waals surface area contributed by atoms with Crippen molar-refractivity contribution in [3.05, 3.63) is 35.4 Å². The number of carboxylic acids is 1. The van der Waals surface area contributed by atoms with Crippen molar-refractivity contribution in [3.63, 3.8) is 0 Å². The fraction of sp³-hybridized carbons (Fsp3) is 0.125. The number of hydrogen-bond donors (Lipinski definition) is 1. The smallest absolute Gasteiger partial charge is 0.335 e. The van der Waals surface area contributed by atoms with Crippen molar-refractivity contribution in [2.75, 3.05) is 0 Å². The third kappa shape index (κ3) is 1.80. The molecule has 0 amide bonds. The molecule has 0 saturated carbocycles. The molecular formula is C8H7BrO2. The van der Waals surface area contributed by atoms with E-state index < -0.39 is 5.97 Å². The van der Waals surface area contributed by atoms with Crippen LogP contribution in [-0.4, -0.2) is 11.1 Å². The Hall–Kier alpha value is -0.830. The molecule has 1 aromatic rings. The Balaban J connectivity index is 3.12. The number of hydrogen-bond acceptors (Lipinski definition) is 1. The number of rotatable bonds is 2. The standard InChI is InChI=1S/C8H7BrO2/c9-5-6-3-1-2-4-7(6)8(10)11/h1-4H,5H2,(H,10,11). The van der Waals surface area contributed by atoms with Gasteiger partial charge in [-0.25, -0.2) is 4.79 Å². The Morgan fingerprint density at radius 2 is 2.09 bits per heavy atom. The van der Waals surface area contributed by atoms with E-state index in [1.807, 2.05) is 6.07 Å². The number of carboxylic acid groups (broad SMARTS) is 1. The molecule has 0 unspecified atom stereocenters. The van der Waals surface area contributed by atoms with Gasteiger partial charge >= 0.3 is 5.97 Å². The molecular weight excluding hydrogens is 208 g/mol. The maximum atomic E-state index is 10.6. The van der Waals surface area contributed by atoms with Crippen LogP contribution >= 0.6 is 15.9 Å². The normalized spacial score (nSPS) is 9.55. The second kappa shape index (κ2) is 3.53. The summed E-state index contributed by atoms with van der Waals surface area (Å²) >= 11 is 3.21. The summed E-state index contributed by atoms with van der Waals surface area (Å²) in [6.07, 6.45) is 0. The average molecular weight is 215 g/mol. The van der Waals surface area contributed by atoms with Gasteiger partial charge in [-0.15, -0.1) is 0 Å². The highest BCUT2D eigenvalue weighted by Gasteiger charge is 2.06. The molecule has 0 heterocycles. The summed E-state index contributed by atoms with van der Waals surface area (Å²) in [5, 5.41) is 9.25. The first-order valence-electron chi connectivity index (χ1n) is 3.13. The Labute approximate surface area is 73.0 Å². The van der Waals surface area contributed by atoms with E-state index in [1.54, 1.807) is 18.2 Å². The predicted octanol–water partition coefficient (Wildman–Crippen LogP) is 2.28. The first-order chi connectivity index (χ1) is 5.25. The minimum absolute atomic E-state index is 0.365. The van der Waals surface area contributed by atoms with E-state index in [2.05, 4.69) is 15.9 Å². The van der Waals surface area contributed by atoms with Gasteiger partial charge in [-0.2, -0.15) is 0 Å². The van der Waals surface area contributed by atoms with E-state index >= 15 is 0 Å². The lowest BCUT2D eigenvalue weighted by molar-refractivity contribution is 0.0696. The van der Waals surface area contributed by atoms with Crippen molar-refractivity contribution in [2.24, 2.45) is 0 Å². The van der Waals surface area contributed by atoms with Crippen LogP contribution in [0.1, 0.15) is 15.9 Å². The van der Waals surface area contributed by atoms with Crippen molar-refractivity contribution >= 4 is 21.9 Å². The van der Waals surface area contributed by atoms with Crippen LogP contribution in [0.15, 0.2) is 24.3 Å². The van der Waals surface area contributed by atoms with Crippen LogP contribution in [0.2, 0.25) is 0 Å². The van der Waals surface area contributed by atoms with E-state index in [1.165, 1.54) is 0 Å². The quantitative estimate of drug-likeness (QED) is 0.768. The maximum Gasteiger partial charge on any atom is 0.335 e. The van der Waals surface area contributed by atoms with Gasteiger partial charge in [0.25, 0.3) is 0 Å². The zero-order chi connectivity index (χ0) is 8.27. The van der Waals surface area contributed by atoms with Gasteiger partial charge in [-0.3, -0.25) is 0 Å². The third-order valence-electron chi connectivity index (χ3n) is 1.39. The average Bonchev–Trinajstić information content (AvgIpc) is 2.04. The molecule has 0 aliphatic carbocycles. The van der Waals surface area contributed by atoms with E-state index in [4.69, 9.17) is 5.11 Å². The molecule has 0 aliphatic rings. The molecule has 1 rings (SSSR count). The lowest BCUT2D eigenvalue weighted by atomic mass is 10.1. The fourth-order valence-corrected chi connectivity index (χ4v) is 1.33. The molecule has 3 heteroatoms. The minimum Gasteiger partial charge on any atom is -0.478 e. The molecule has 0 spiro atoms. The van der Waals surface area contributed by atoms with E-state index in [9.17, 15) is 4.79 Å². The molecule has 1 N–H and O–H groups in total. The molecule has 2 nitrogen and oxygen atoms in total. The summed E-state index contributed by atoms with van der Waals surface area (Å²) in [5.74, 6) is -0.875. The van der Waals surface area contributed by atoms with Crippen molar-refractivity contribution < 1.29 is 9.90 Å². The molecule has 1 aromatic carbocycles. The fourth-order valence-electron chi connectivity index (χ4n) is 0.845. The van der Waals surface area contributed by atoms with E-state index in [0.717, 1.165) is 5.56 Å². The molecule has 11 heavy (non-hydrogen) atoms. The topological polar surface area (TPSA) is 37.3 Å². The highest BCUT2D eigenvalue weighted by Crippen LogP contribution is 2.11. The summed E-state index contributed by atoms with van der Waals surface area (Å²) in [6, 6.07) is 6.93. The number of benzene rings is 1. The summed E-state index contributed by atoms with van der Waals surface area (Å²) in [7, 11) is 0. The van der Waals surface area contributed by atoms with Crippen molar-refractivity contribution in [2.45, 2.75) is 5.33 Å². The molecule has 0 atom stereocenters. The summed E-state index contributed by atoms with van der Waals surface area (Å²) in [6.45, 7) is 0. The van der Waals surface area contributed by atoms with Crippen LogP contribution in [0.3, 0.4) is 0 Å². The Morgan fingerprint density at radius 1 is 1.45 bits per heavy atom. The lowest BCUT2D eigenvalue weighted by Crippen LogP contribution is -1.99. The van der Waals surface area contributed by atoms with E-state index in [-0.39, 0.29) is 0 Å². The molecule has 58 valence electrons. The highest BCUT2D eigenvalue weighted by molar-refractivity contribution is 9.08. The number of halogens is 1. The van der Waals surface area contributed by atoms with E-state index in [0.29, 0.717) is 10.9 Å². The Kier molecular flexibility index (Phi) is 2.65. The molecule has 0 fully saturated rings. The zero-order valence-corrected chi connectivity index (χ0v) is 7.34. The zero-order valence-electron chi connectivity index (χ0n) is 5.75. The van der Waals surface area contributed by atoms with Crippen LogP contribution in [0.5, 0.6) is 0 Å². The maximum absolute atomic E-state index is 10.6. The largest absolute Gasteiger partial charge is 0.478 e. The van der Waals surface area contributed by atoms with Gasteiger partial charge in [-0.05, 0) is 11.6 Å². The van der Waals surface area contributed by atoms with Crippen LogP contribution < -0.4 is 0 Å². The van der Waals surface area contributed by atoms with Gasteiger partial charge < -0.3 is 5.11 Å². The monoisotopic (exact) mass is 214 g/mol. The van der Waals surface area contributed by atoms with Gasteiger partial charge in [0.2, 0.25) is 0 Å². The highest BCUT2D eigenvalue weighted by atomic mass is 79.9. The first kappa shape index (κ1) is 8.27. The Morgan fingerprint density at radius 3 is 2.55 bits per heavy atom. The van der Waals surface area contributed by atoms with Crippen LogP contribution in [0, 0.1) is 0 Å². The van der Waals surface area contributed by atoms with Crippen LogP contribution in [0.25, 0.3) is 0 Å². The second-order valence-electron chi connectivity index (χ2n) is 2.10. The number of aromatic carboxylic acids is 1. The summed E-state index contributed by atoms with van der Waals surface area (Å²) < 4.78 is 0. The van der Waals surface area contributed by atoms with Crippen molar-refractivity contribution in [3.8, 4) is 0 Å². The van der Waals surface area contributed by atoms with Crippen LogP contribution in [-0.2, 0) is 5.33 Å². The lowest BCUT2D eigenvalue weighted by Gasteiger charge is -1.99. The third-order valence-corrected chi connectivity index (χ3v) is 2.00. The molecule has 0 radical (unpaired) electrons. The minimum atomic E-state index is -0.875. The van der Waals surface area contributed by atoms with Gasteiger partial charge in [0.15, 0.2) is 0 Å². The molecule has 0 saturated heterocycles. The number of alkyl halides is 1. The van der Waals surface area contributed by atoms with Crippen molar-refractivity contribution in [1.82, 2.24) is 0 Å². The van der Waals surface area contributed by atoms with Gasteiger partial charge in [0, 0.05) is 5.33 Å². The first-order valence-corrected chi connectivity index (χ1v) is 4.25. The summed E-state index contributed by atoms with van der Waals surface area (Å²) in [4.78, 5) is 10.6. The van der Waals surface area contributed by atoms with Crippen LogP contribution in [0.4, 0.5) is 0 Å². The number of carbonyl (C=O) groups is 1. The molecule has 0 aliphatic heterocycles. The molecule has 0 aromatic heterocycles. The predicted molar refractivity (Wildman–Crippen MR) is 46.0 cm³/mol. The SMILES string of the molecule is O=C(O)c1ccccc1CBr. The van der Waals surface area contributed by atoms with Gasteiger partial charge in [0.1, 0.15) is 0 Å². The Bertz CT molecular complexity index is 271.